The zero-order valence-corrected chi connectivity index (χ0v) is 16.3. The van der Waals surface area contributed by atoms with Gasteiger partial charge >= 0.3 is 6.09 Å². The molecule has 0 bridgehead atoms. The van der Waals surface area contributed by atoms with Gasteiger partial charge in [0, 0.05) is 17.8 Å². The van der Waals surface area contributed by atoms with Crippen molar-refractivity contribution in [2.24, 2.45) is 0 Å². The number of phenols is 1. The molecule has 3 rings (SSSR count). The summed E-state index contributed by atoms with van der Waals surface area (Å²) >= 11 is 0. The topological polar surface area (TPSA) is 126 Å². The Morgan fingerprint density at radius 3 is 2.77 bits per heavy atom. The molecule has 0 saturated heterocycles. The van der Waals surface area contributed by atoms with Crippen LogP contribution >= 0.6 is 0 Å². The molecule has 31 heavy (non-hydrogen) atoms. The largest absolute Gasteiger partial charge is 0.505 e. The highest BCUT2D eigenvalue weighted by Gasteiger charge is 2.20. The van der Waals surface area contributed by atoms with E-state index >= 15 is 0 Å². The van der Waals surface area contributed by atoms with E-state index in [9.17, 15) is 19.1 Å². The number of allylic oxidation sites excluding steroid dienone is 1. The van der Waals surface area contributed by atoms with Crippen LogP contribution in [-0.4, -0.2) is 29.1 Å². The Bertz CT molecular complexity index is 980. The number of ether oxygens (including phenoxy) is 3. The monoisotopic (exact) mass is 432 g/mol. The molecule has 0 saturated carbocycles. The molecular weight excluding hydrogens is 411 g/mol. The summed E-state index contributed by atoms with van der Waals surface area (Å²) in [4.78, 5) is 23.4. The maximum Gasteiger partial charge on any atom is 0.412 e. The van der Waals surface area contributed by atoms with Crippen molar-refractivity contribution in [3.05, 3.63) is 59.9 Å². The molecule has 2 aromatic rings. The van der Waals surface area contributed by atoms with Gasteiger partial charge in [-0.2, -0.15) is 0 Å². The number of hydrogen-bond acceptors (Lipinski definition) is 7. The summed E-state index contributed by atoms with van der Waals surface area (Å²) < 4.78 is 29.8. The van der Waals surface area contributed by atoms with Crippen LogP contribution in [0.2, 0.25) is 0 Å². The number of nitrogens with one attached hydrogen (secondary N) is 2. The second-order valence-corrected chi connectivity index (χ2v) is 6.61. The van der Waals surface area contributed by atoms with Gasteiger partial charge in [0.1, 0.15) is 6.10 Å². The highest BCUT2D eigenvalue weighted by atomic mass is 19.1. The van der Waals surface area contributed by atoms with Crippen LogP contribution in [-0.2, 0) is 9.53 Å². The van der Waals surface area contributed by atoms with Crippen molar-refractivity contribution in [2.75, 3.05) is 12.1 Å². The third-order valence-electron chi connectivity index (χ3n) is 4.43. The average Bonchev–Trinajstić information content (AvgIpc) is 3.22. The third kappa shape index (κ3) is 6.09. The summed E-state index contributed by atoms with van der Waals surface area (Å²) in [5.41, 5.74) is 2.28. The summed E-state index contributed by atoms with van der Waals surface area (Å²) in [6, 6.07) is 8.62. The van der Waals surface area contributed by atoms with Crippen molar-refractivity contribution >= 4 is 17.7 Å². The molecule has 10 heteroatoms. The molecule has 1 aliphatic heterocycles. The van der Waals surface area contributed by atoms with Crippen molar-refractivity contribution in [3.8, 4) is 17.2 Å². The number of phenolic OH excluding ortho intramolecular Hbond substituents is 1. The van der Waals surface area contributed by atoms with E-state index in [0.29, 0.717) is 42.0 Å². The van der Waals surface area contributed by atoms with E-state index in [-0.39, 0.29) is 6.79 Å². The van der Waals surface area contributed by atoms with Crippen LogP contribution in [0.5, 0.6) is 17.2 Å². The van der Waals surface area contributed by atoms with E-state index in [0.717, 1.165) is 6.07 Å². The summed E-state index contributed by atoms with van der Waals surface area (Å²) in [5.74, 6) is -0.934. The van der Waals surface area contributed by atoms with Gasteiger partial charge in [-0.1, -0.05) is 12.1 Å². The normalized spacial score (nSPS) is 13.1. The van der Waals surface area contributed by atoms with Gasteiger partial charge in [0.05, 0.1) is 0 Å². The Hall–Kier alpha value is -3.79. The van der Waals surface area contributed by atoms with Gasteiger partial charge in [0.15, 0.2) is 23.1 Å². The highest BCUT2D eigenvalue weighted by molar-refractivity contribution is 5.86. The molecule has 2 amide bonds. The van der Waals surface area contributed by atoms with E-state index in [1.54, 1.807) is 24.3 Å². The zero-order valence-electron chi connectivity index (χ0n) is 16.3. The van der Waals surface area contributed by atoms with Crippen LogP contribution < -0.4 is 20.3 Å². The number of aromatic hydroxyl groups is 1. The number of unbranched alkanes of at least 4 members (excludes halogenated alkanes) is 1. The lowest BCUT2D eigenvalue weighted by molar-refractivity contribution is -0.124. The lowest BCUT2D eigenvalue weighted by Crippen LogP contribution is -2.18. The molecule has 1 aliphatic rings. The van der Waals surface area contributed by atoms with Gasteiger partial charge in [0.25, 0.3) is 5.91 Å². The number of rotatable bonds is 8. The van der Waals surface area contributed by atoms with Crippen LogP contribution in [0, 0.1) is 5.82 Å². The van der Waals surface area contributed by atoms with Gasteiger partial charge in [-0.3, -0.25) is 15.3 Å². The molecule has 0 unspecified atom stereocenters. The number of carbonyl (C=O) groups is 2. The van der Waals surface area contributed by atoms with Gasteiger partial charge in [0.2, 0.25) is 6.79 Å². The number of benzene rings is 2. The Labute approximate surface area is 177 Å². The van der Waals surface area contributed by atoms with E-state index in [1.165, 1.54) is 23.7 Å². The molecule has 0 aromatic heterocycles. The average molecular weight is 432 g/mol. The maximum atomic E-state index is 13.8. The fraction of sp³-hybridized carbons (Fsp3) is 0.238. The minimum Gasteiger partial charge on any atom is -0.505 e. The van der Waals surface area contributed by atoms with Crippen molar-refractivity contribution in [1.29, 1.82) is 0 Å². The molecule has 0 radical (unpaired) electrons. The fourth-order valence-corrected chi connectivity index (χ4v) is 2.92. The first kappa shape index (κ1) is 21.9. The number of anilines is 1. The highest BCUT2D eigenvalue weighted by Crippen LogP contribution is 2.34. The van der Waals surface area contributed by atoms with Gasteiger partial charge in [-0.05, 0) is 49.1 Å². The Kier molecular flexibility index (Phi) is 7.28. The second-order valence-electron chi connectivity index (χ2n) is 6.61. The number of carbonyl (C=O) groups excluding carboxylic acids is 2. The van der Waals surface area contributed by atoms with Gasteiger partial charge in [-0.15, -0.1) is 0 Å². The minimum atomic E-state index is -0.832. The summed E-state index contributed by atoms with van der Waals surface area (Å²) in [6.07, 6.45) is 2.44. The van der Waals surface area contributed by atoms with Crippen molar-refractivity contribution < 1.29 is 38.5 Å². The molecule has 9 nitrogen and oxygen atoms in total. The van der Waals surface area contributed by atoms with Crippen LogP contribution in [0.3, 0.4) is 0 Å². The molecule has 4 N–H and O–H groups in total. The summed E-state index contributed by atoms with van der Waals surface area (Å²) in [5, 5.41) is 20.5. The number of hydrogen-bond donors (Lipinski definition) is 4. The summed E-state index contributed by atoms with van der Waals surface area (Å²) in [6.45, 7) is 0.103. The van der Waals surface area contributed by atoms with E-state index in [4.69, 9.17) is 19.4 Å². The number of hydroxylamine groups is 1. The molecule has 1 atom stereocenters. The smallest absolute Gasteiger partial charge is 0.412 e. The number of fused-ring (bicyclic) bond motifs is 1. The Balaban J connectivity index is 1.64. The Morgan fingerprint density at radius 1 is 1.19 bits per heavy atom. The standard InChI is InChI=1S/C21H21FN2O7/c22-15-10-13(6-8-16(15)25)17(4-2-1-3-5-20(26)24-28)31-21(27)23-14-7-9-18-19(11-14)30-12-29-18/h3,5-11,17,25,28H,1-2,4,12H2,(H,23,27)(H,24,26)/b5-3+/t17-/m1/s1. The van der Waals surface area contributed by atoms with Gasteiger partial charge in [-0.25, -0.2) is 14.7 Å². The number of amides is 2. The SMILES string of the molecule is O=C(/C=C/CCC[C@@H](OC(=O)Nc1ccc2c(c1)OCO2)c1ccc(O)c(F)c1)NO. The summed E-state index contributed by atoms with van der Waals surface area (Å²) in [7, 11) is 0. The van der Waals surface area contributed by atoms with Crippen LogP contribution in [0.1, 0.15) is 30.9 Å². The molecule has 1 heterocycles. The minimum absolute atomic E-state index is 0.103. The quantitative estimate of drug-likeness (QED) is 0.216. The second kappa shape index (κ2) is 10.3. The predicted octanol–water partition coefficient (Wildman–Crippen LogP) is 3.78. The zero-order chi connectivity index (χ0) is 22.2. The number of halogens is 1. The van der Waals surface area contributed by atoms with Crippen LogP contribution in [0.15, 0.2) is 48.6 Å². The third-order valence-corrected chi connectivity index (χ3v) is 4.43. The first-order valence-electron chi connectivity index (χ1n) is 9.42. The fourth-order valence-electron chi connectivity index (χ4n) is 2.92. The molecular formula is C21H21FN2O7. The van der Waals surface area contributed by atoms with Gasteiger partial charge < -0.3 is 19.3 Å². The first-order chi connectivity index (χ1) is 15.0. The van der Waals surface area contributed by atoms with Crippen LogP contribution in [0.4, 0.5) is 14.9 Å². The van der Waals surface area contributed by atoms with E-state index in [1.807, 2.05) is 0 Å². The molecule has 0 fully saturated rings. The van der Waals surface area contributed by atoms with Crippen molar-refractivity contribution in [3.63, 3.8) is 0 Å². The van der Waals surface area contributed by atoms with E-state index in [2.05, 4.69) is 5.32 Å². The molecule has 0 aliphatic carbocycles. The lowest BCUT2D eigenvalue weighted by atomic mass is 10.0. The molecule has 164 valence electrons. The van der Waals surface area contributed by atoms with Crippen molar-refractivity contribution in [1.82, 2.24) is 5.48 Å². The predicted molar refractivity (Wildman–Crippen MR) is 106 cm³/mol. The lowest BCUT2D eigenvalue weighted by Gasteiger charge is -2.19. The first-order valence-corrected chi connectivity index (χ1v) is 9.42. The molecule has 2 aromatic carbocycles. The molecule has 0 spiro atoms. The van der Waals surface area contributed by atoms with E-state index < -0.39 is 29.7 Å². The van der Waals surface area contributed by atoms with Crippen molar-refractivity contribution in [2.45, 2.75) is 25.4 Å². The van der Waals surface area contributed by atoms with Crippen LogP contribution in [0.25, 0.3) is 0 Å². The maximum absolute atomic E-state index is 13.8. The Morgan fingerprint density at radius 2 is 2.00 bits per heavy atom.